The maximum Gasteiger partial charge on any atom is 0.336 e. The Morgan fingerprint density at radius 1 is 0.933 bits per heavy atom. The quantitative estimate of drug-likeness (QED) is 0.0444. The zero-order chi connectivity index (χ0) is 44.1. The normalized spacial score (nSPS) is 13.7. The number of carboxylic acid groups (broad SMARTS) is 2. The topological polar surface area (TPSA) is 175 Å². The van der Waals surface area contributed by atoms with E-state index in [0.29, 0.717) is 61.7 Å². The second-order valence-electron chi connectivity index (χ2n) is 12.8. The van der Waals surface area contributed by atoms with E-state index in [1.165, 1.54) is 54.8 Å². The Balaban J connectivity index is 0.00000193. The molecular weight excluding hydrogens is 781 g/mol. The Morgan fingerprint density at radius 2 is 1.65 bits per heavy atom. The fourth-order valence-electron chi connectivity index (χ4n) is 6.43. The first-order valence-electron chi connectivity index (χ1n) is 18.8. The number of ketones is 1. The molecule has 60 heavy (non-hydrogen) atoms. The van der Waals surface area contributed by atoms with Gasteiger partial charge in [-0.2, -0.15) is 0 Å². The number of rotatable bonds is 10. The van der Waals surface area contributed by atoms with Crippen LogP contribution < -0.4 is 20.8 Å². The Morgan fingerprint density at radius 3 is 2.33 bits per heavy atom. The van der Waals surface area contributed by atoms with Gasteiger partial charge >= 0.3 is 11.9 Å². The van der Waals surface area contributed by atoms with Crippen LogP contribution in [0.3, 0.4) is 0 Å². The lowest BCUT2D eigenvalue weighted by molar-refractivity contribution is -0.132. The predicted octanol–water partition coefficient (Wildman–Crippen LogP) is 9.41. The lowest BCUT2D eigenvalue weighted by atomic mass is 9.88. The highest BCUT2D eigenvalue weighted by atomic mass is 32.1. The van der Waals surface area contributed by atoms with Gasteiger partial charge in [-0.1, -0.05) is 61.9 Å². The van der Waals surface area contributed by atoms with E-state index in [1.54, 1.807) is 43.3 Å². The number of carboxylic acids is 2. The van der Waals surface area contributed by atoms with Gasteiger partial charge in [0.1, 0.15) is 23.0 Å². The molecule has 5 N–H and O–H groups in total. The van der Waals surface area contributed by atoms with Crippen LogP contribution in [0, 0.1) is 12.8 Å². The van der Waals surface area contributed by atoms with E-state index in [0.717, 1.165) is 5.57 Å². The highest BCUT2D eigenvalue weighted by molar-refractivity contribution is 7.80. The first-order valence-corrected chi connectivity index (χ1v) is 19.2. The van der Waals surface area contributed by atoms with Crippen molar-refractivity contribution < 1.29 is 38.9 Å². The summed E-state index contributed by atoms with van der Waals surface area (Å²) in [6, 6.07) is 13.6. The molecule has 12 heteroatoms. The molecule has 2 aliphatic carbocycles. The zero-order valence-corrected chi connectivity index (χ0v) is 34.5. The molecule has 2 aliphatic heterocycles. The monoisotopic (exact) mass is 824 g/mol. The van der Waals surface area contributed by atoms with Crippen molar-refractivity contribution in [1.82, 2.24) is 5.32 Å². The van der Waals surface area contributed by atoms with Gasteiger partial charge in [0.15, 0.2) is 16.3 Å². The number of phenolic OH excluding ortho intramolecular Hbond substituents is 1. The van der Waals surface area contributed by atoms with Gasteiger partial charge in [-0.15, -0.1) is 12.8 Å². The number of allylic oxidation sites excluding steroid dienone is 8. The minimum atomic E-state index is -1.22. The first-order chi connectivity index (χ1) is 28.9. The molecule has 0 aromatic heterocycles. The molecule has 0 saturated carbocycles. The molecule has 0 amide bonds. The fraction of sp³-hybridized carbons (Fsp3) is 0.146. The summed E-state index contributed by atoms with van der Waals surface area (Å²) >= 11 is 5.53. The van der Waals surface area contributed by atoms with Crippen molar-refractivity contribution in [2.45, 2.75) is 41.0 Å². The molecule has 0 unspecified atom stereocenters. The van der Waals surface area contributed by atoms with Crippen LogP contribution in [-0.4, -0.2) is 44.7 Å². The van der Waals surface area contributed by atoms with Crippen molar-refractivity contribution in [3.05, 3.63) is 164 Å². The number of hydrogen-bond acceptors (Lipinski definition) is 8. The molecule has 2 aromatic rings. The van der Waals surface area contributed by atoms with Gasteiger partial charge in [0, 0.05) is 59.1 Å². The van der Waals surface area contributed by atoms with Gasteiger partial charge in [-0.25, -0.2) is 9.59 Å². The molecule has 306 valence electrons. The average molecular weight is 825 g/mol. The molecule has 2 bridgehead atoms. The SMILES string of the molecule is C#C.C/C=C(C)\C=C/c1coc2cc(=O)ccc-2c1C(=C/C)/C(=C\CNC(=S)Nc1ccc(C2=C3C=CC(=O)C=C(C3)Oc3cc(O)ccc32)c(C(=O)O)c1)C(=O)O.CC. The average Bonchev–Trinajstić information content (AvgIpc) is 3.51. The Bertz CT molecular complexity index is 2610. The molecule has 0 spiro atoms. The number of aromatic carboxylic acids is 1. The number of nitrogens with one attached hydrogen (secondary N) is 2. The van der Waals surface area contributed by atoms with Gasteiger partial charge in [0.05, 0.1) is 17.4 Å². The number of aliphatic carboxylic acids is 1. The van der Waals surface area contributed by atoms with Gasteiger partial charge in [0.2, 0.25) is 0 Å². The third kappa shape index (κ3) is 10.5. The summed E-state index contributed by atoms with van der Waals surface area (Å²) in [5, 5.41) is 37.0. The number of hydrogen-bond donors (Lipinski definition) is 5. The van der Waals surface area contributed by atoms with E-state index in [-0.39, 0.29) is 51.9 Å². The summed E-state index contributed by atoms with van der Waals surface area (Å²) in [5.74, 6) is -1.83. The predicted molar refractivity (Wildman–Crippen MR) is 240 cm³/mol. The largest absolute Gasteiger partial charge is 0.508 e. The molecule has 6 rings (SSSR count). The molecule has 0 radical (unpaired) electrons. The van der Waals surface area contributed by atoms with Gasteiger partial charge in [-0.05, 0) is 97.7 Å². The van der Waals surface area contributed by atoms with Crippen molar-refractivity contribution >= 4 is 58.0 Å². The Kier molecular flexibility index (Phi) is 15.7. The molecule has 0 saturated heterocycles. The van der Waals surface area contributed by atoms with E-state index < -0.39 is 11.9 Å². The van der Waals surface area contributed by atoms with Gasteiger partial charge in [0.25, 0.3) is 0 Å². The van der Waals surface area contributed by atoms with E-state index in [4.69, 9.17) is 21.4 Å². The highest BCUT2D eigenvalue weighted by Gasteiger charge is 2.27. The Labute approximate surface area is 353 Å². The molecule has 2 heterocycles. The molecule has 0 atom stereocenters. The van der Waals surface area contributed by atoms with Gasteiger partial charge in [-0.3, -0.25) is 9.59 Å². The molecule has 0 fully saturated rings. The third-order valence-corrected chi connectivity index (χ3v) is 9.39. The minimum absolute atomic E-state index is 0.0157. The van der Waals surface area contributed by atoms with Crippen LogP contribution in [0.4, 0.5) is 5.69 Å². The number of fused-ring (bicyclic) bond motifs is 4. The van der Waals surface area contributed by atoms with Crippen LogP contribution in [0.5, 0.6) is 11.5 Å². The molecule has 11 nitrogen and oxygen atoms in total. The number of carbonyl (C=O) groups is 3. The number of phenols is 1. The van der Waals surface area contributed by atoms with Crippen molar-refractivity contribution in [1.29, 1.82) is 0 Å². The zero-order valence-electron chi connectivity index (χ0n) is 33.7. The second kappa shape index (κ2) is 20.8. The van der Waals surface area contributed by atoms with Crippen molar-refractivity contribution in [3.63, 3.8) is 0 Å². The van der Waals surface area contributed by atoms with Crippen LogP contribution in [-0.2, 0) is 9.59 Å². The van der Waals surface area contributed by atoms with Crippen molar-refractivity contribution in [3.8, 4) is 35.7 Å². The summed E-state index contributed by atoms with van der Waals surface area (Å²) in [6.07, 6.45) is 22.9. The Hall–Kier alpha value is -7.49. The summed E-state index contributed by atoms with van der Waals surface area (Å²) in [5.41, 5.74) is 5.16. The second-order valence-corrected chi connectivity index (χ2v) is 13.2. The number of carbonyl (C=O) groups excluding carboxylic acids is 1. The van der Waals surface area contributed by atoms with Crippen molar-refractivity contribution in [2.24, 2.45) is 0 Å². The number of anilines is 1. The summed E-state index contributed by atoms with van der Waals surface area (Å²) in [4.78, 5) is 50.0. The maximum atomic E-state index is 12.7. The summed E-state index contributed by atoms with van der Waals surface area (Å²) in [6.45, 7) is 9.54. The number of ether oxygens (including phenoxy) is 1. The van der Waals surface area contributed by atoms with Crippen LogP contribution in [0.15, 0.2) is 135 Å². The van der Waals surface area contributed by atoms with Gasteiger partial charge < -0.3 is 35.1 Å². The molecular formula is C48H44N2O9S. The first kappa shape index (κ1) is 45.2. The molecule has 4 aliphatic rings. The van der Waals surface area contributed by atoms with Crippen LogP contribution in [0.25, 0.3) is 28.5 Å². The minimum Gasteiger partial charge on any atom is -0.508 e. The van der Waals surface area contributed by atoms with E-state index in [2.05, 4.69) is 23.5 Å². The standard InChI is InChI=1S/C44H36N2O9S.C2H6.C2H2/c1-4-24(3)6-7-26-23-54-38-21-29(48)11-14-35(38)41(26)32(5-2)34(42(50)51)16-17-45-44(56)46-27-9-13-33(37(19-27)43(52)53)40-25-8-10-28(47)20-31(18-25)55-39-22-30(49)12-15-36(39)40;2*1-2/h4-16,19-23,49H,17-18H2,1-3H3,(H,50,51)(H,52,53)(H2,45,46,56);1-2H3;1-2H/b7-6-,24-4-,32-5+,34-16+;;. The third-order valence-electron chi connectivity index (χ3n) is 9.14. The molecule has 2 aromatic carbocycles. The fourth-order valence-corrected chi connectivity index (χ4v) is 6.63. The summed E-state index contributed by atoms with van der Waals surface area (Å²) < 4.78 is 11.8. The maximum absolute atomic E-state index is 12.7. The number of thiocarbonyl (C=S) groups is 1. The van der Waals surface area contributed by atoms with E-state index in [1.807, 2.05) is 45.9 Å². The van der Waals surface area contributed by atoms with Crippen molar-refractivity contribution in [2.75, 3.05) is 11.9 Å². The number of terminal acetylenes is 1. The van der Waals surface area contributed by atoms with Crippen LogP contribution >= 0.6 is 12.2 Å². The lowest BCUT2D eigenvalue weighted by Crippen LogP contribution is -2.29. The van der Waals surface area contributed by atoms with E-state index >= 15 is 0 Å². The van der Waals surface area contributed by atoms with Crippen LogP contribution in [0.1, 0.15) is 73.7 Å². The lowest BCUT2D eigenvalue weighted by Gasteiger charge is -2.18. The highest BCUT2D eigenvalue weighted by Crippen LogP contribution is 2.43. The van der Waals surface area contributed by atoms with E-state index in [9.17, 15) is 34.5 Å². The number of benzene rings is 3. The van der Waals surface area contributed by atoms with Crippen LogP contribution in [0.2, 0.25) is 0 Å². The summed E-state index contributed by atoms with van der Waals surface area (Å²) in [7, 11) is 0. The smallest absolute Gasteiger partial charge is 0.336 e. The number of aromatic hydroxyl groups is 1.